The van der Waals surface area contributed by atoms with Crippen molar-refractivity contribution >= 4 is 11.6 Å². The van der Waals surface area contributed by atoms with E-state index < -0.39 is 0 Å². The number of methoxy groups -OCH3 is 2. The van der Waals surface area contributed by atoms with Crippen molar-refractivity contribution in [2.45, 2.75) is 25.9 Å². The first-order chi connectivity index (χ1) is 12.7. The number of rotatable bonds is 10. The fourth-order valence-electron chi connectivity index (χ4n) is 2.48. The molecule has 1 N–H and O–H groups in total. The third-order valence-electron chi connectivity index (χ3n) is 3.81. The highest BCUT2D eigenvalue weighted by atomic mass is 35.5. The molecule has 0 spiro atoms. The molecule has 0 saturated heterocycles. The molecule has 5 nitrogen and oxygen atoms in total. The molecule has 2 aromatic carbocycles. The number of halogens is 1. The summed E-state index contributed by atoms with van der Waals surface area (Å²) in [6, 6.07) is 13.6. The molecule has 0 aliphatic heterocycles. The molecule has 0 aliphatic carbocycles. The van der Waals surface area contributed by atoms with Gasteiger partial charge in [-0.2, -0.15) is 5.26 Å². The minimum absolute atomic E-state index is 0.479. The van der Waals surface area contributed by atoms with Crippen molar-refractivity contribution in [3.63, 3.8) is 0 Å². The average Bonchev–Trinajstić information content (AvgIpc) is 2.66. The minimum atomic E-state index is 0.479. The first kappa shape index (κ1) is 19.9. The summed E-state index contributed by atoms with van der Waals surface area (Å²) in [7, 11) is 3.25. The van der Waals surface area contributed by atoms with Gasteiger partial charge in [0.1, 0.15) is 5.75 Å². The third-order valence-corrected chi connectivity index (χ3v) is 4.05. The van der Waals surface area contributed by atoms with Gasteiger partial charge in [-0.05, 0) is 36.2 Å². The average molecular weight is 375 g/mol. The molecule has 138 valence electrons. The molecule has 0 radical (unpaired) electrons. The minimum Gasteiger partial charge on any atom is -0.496 e. The first-order valence-electron chi connectivity index (χ1n) is 8.37. The number of benzene rings is 2. The van der Waals surface area contributed by atoms with E-state index in [0.717, 1.165) is 16.9 Å². The van der Waals surface area contributed by atoms with Crippen molar-refractivity contribution in [2.24, 2.45) is 0 Å². The standard InChI is InChI=1S/C20H23ClN2O3/c1-24-18-8-5-15(11-20(18)26-10-4-3-9-22)13-23-14-16-6-7-17(21)12-19(16)25-2/h5-8,11-12,23H,3-4,10,13-14H2,1-2H3. The number of hydrogen-bond acceptors (Lipinski definition) is 5. The summed E-state index contributed by atoms with van der Waals surface area (Å²) >= 11 is 5.99. The summed E-state index contributed by atoms with van der Waals surface area (Å²) in [6.07, 6.45) is 1.17. The zero-order valence-electron chi connectivity index (χ0n) is 15.0. The van der Waals surface area contributed by atoms with Gasteiger partial charge in [0.2, 0.25) is 0 Å². The van der Waals surface area contributed by atoms with E-state index in [4.69, 9.17) is 31.1 Å². The first-order valence-corrected chi connectivity index (χ1v) is 8.75. The summed E-state index contributed by atoms with van der Waals surface area (Å²) < 4.78 is 16.4. The lowest BCUT2D eigenvalue weighted by atomic mass is 10.1. The summed E-state index contributed by atoms with van der Waals surface area (Å²) in [4.78, 5) is 0. The number of unbranched alkanes of at least 4 members (excludes halogenated alkanes) is 1. The largest absolute Gasteiger partial charge is 0.496 e. The highest BCUT2D eigenvalue weighted by Gasteiger charge is 2.07. The van der Waals surface area contributed by atoms with Gasteiger partial charge >= 0.3 is 0 Å². The third kappa shape index (κ3) is 5.83. The predicted molar refractivity (Wildman–Crippen MR) is 102 cm³/mol. The maximum absolute atomic E-state index is 8.60. The van der Waals surface area contributed by atoms with Crippen molar-refractivity contribution < 1.29 is 14.2 Å². The van der Waals surface area contributed by atoms with Crippen molar-refractivity contribution in [1.29, 1.82) is 5.26 Å². The Balaban J connectivity index is 1.96. The molecule has 0 atom stereocenters. The number of nitrogens with zero attached hydrogens (tertiary/aromatic N) is 1. The lowest BCUT2D eigenvalue weighted by molar-refractivity contribution is 0.290. The SMILES string of the molecule is COc1cc(Cl)ccc1CNCc1ccc(OC)c(OCCCC#N)c1. The van der Waals surface area contributed by atoms with Crippen LogP contribution in [0.4, 0.5) is 0 Å². The number of hydrogen-bond donors (Lipinski definition) is 1. The molecule has 2 aromatic rings. The number of ether oxygens (including phenoxy) is 3. The van der Waals surface area contributed by atoms with Crippen LogP contribution in [0.5, 0.6) is 17.2 Å². The number of nitrogens with one attached hydrogen (secondary N) is 1. The Labute approximate surface area is 159 Å². The van der Waals surface area contributed by atoms with Crippen LogP contribution in [0.15, 0.2) is 36.4 Å². The van der Waals surface area contributed by atoms with E-state index in [0.29, 0.717) is 49.1 Å². The van der Waals surface area contributed by atoms with Crippen LogP contribution in [0, 0.1) is 11.3 Å². The van der Waals surface area contributed by atoms with E-state index in [2.05, 4.69) is 11.4 Å². The second-order valence-corrected chi connectivity index (χ2v) is 6.09. The van der Waals surface area contributed by atoms with Crippen molar-refractivity contribution in [3.05, 3.63) is 52.5 Å². The van der Waals surface area contributed by atoms with Gasteiger partial charge in [-0.1, -0.05) is 23.7 Å². The molecule has 0 saturated carbocycles. The van der Waals surface area contributed by atoms with Gasteiger partial charge in [0, 0.05) is 30.1 Å². The highest BCUT2D eigenvalue weighted by molar-refractivity contribution is 6.30. The molecule has 0 heterocycles. The molecule has 6 heteroatoms. The second kappa shape index (κ2) is 10.5. The van der Waals surface area contributed by atoms with Gasteiger partial charge in [-0.15, -0.1) is 0 Å². The Bertz CT molecular complexity index is 759. The van der Waals surface area contributed by atoms with Gasteiger partial charge in [0.25, 0.3) is 0 Å². The van der Waals surface area contributed by atoms with Crippen LogP contribution in [0.2, 0.25) is 5.02 Å². The quantitative estimate of drug-likeness (QED) is 0.627. The second-order valence-electron chi connectivity index (χ2n) is 5.66. The summed E-state index contributed by atoms with van der Waals surface area (Å²) in [5.74, 6) is 2.14. The summed E-state index contributed by atoms with van der Waals surface area (Å²) in [5.41, 5.74) is 2.12. The zero-order chi connectivity index (χ0) is 18.8. The van der Waals surface area contributed by atoms with Gasteiger partial charge in [0.15, 0.2) is 11.5 Å². The van der Waals surface area contributed by atoms with Crippen LogP contribution in [0.3, 0.4) is 0 Å². The molecule has 2 rings (SSSR count). The zero-order valence-corrected chi connectivity index (χ0v) is 15.8. The molecule has 0 bridgehead atoms. The van der Waals surface area contributed by atoms with Crippen LogP contribution < -0.4 is 19.5 Å². The predicted octanol–water partition coefficient (Wildman–Crippen LogP) is 4.33. The molecule has 26 heavy (non-hydrogen) atoms. The Morgan fingerprint density at radius 3 is 2.54 bits per heavy atom. The molecule has 0 amide bonds. The molecule has 0 aromatic heterocycles. The van der Waals surface area contributed by atoms with Crippen LogP contribution in [-0.4, -0.2) is 20.8 Å². The van der Waals surface area contributed by atoms with Crippen LogP contribution >= 0.6 is 11.6 Å². The van der Waals surface area contributed by atoms with Gasteiger partial charge in [-0.3, -0.25) is 0 Å². The van der Waals surface area contributed by atoms with Gasteiger partial charge in [0.05, 0.1) is 26.9 Å². The normalized spacial score (nSPS) is 10.2. The van der Waals surface area contributed by atoms with E-state index in [1.165, 1.54) is 0 Å². The Morgan fingerprint density at radius 2 is 1.81 bits per heavy atom. The van der Waals surface area contributed by atoms with Crippen LogP contribution in [0.1, 0.15) is 24.0 Å². The van der Waals surface area contributed by atoms with Crippen LogP contribution in [0.25, 0.3) is 0 Å². The molecule has 0 aliphatic rings. The van der Waals surface area contributed by atoms with Gasteiger partial charge in [-0.25, -0.2) is 0 Å². The van der Waals surface area contributed by atoms with Crippen LogP contribution in [-0.2, 0) is 13.1 Å². The maximum Gasteiger partial charge on any atom is 0.161 e. The maximum atomic E-state index is 8.60. The summed E-state index contributed by atoms with van der Waals surface area (Å²) in [6.45, 7) is 1.82. The molecular formula is C20H23ClN2O3. The van der Waals surface area contributed by atoms with Gasteiger partial charge < -0.3 is 19.5 Å². The Kier molecular flexibility index (Phi) is 8.07. The number of nitriles is 1. The topological polar surface area (TPSA) is 63.5 Å². The Morgan fingerprint density at radius 1 is 1.00 bits per heavy atom. The Hall–Kier alpha value is -2.42. The lowest BCUT2D eigenvalue weighted by Gasteiger charge is -2.13. The van der Waals surface area contributed by atoms with E-state index in [-0.39, 0.29) is 0 Å². The summed E-state index contributed by atoms with van der Waals surface area (Å²) in [5, 5.41) is 12.6. The smallest absolute Gasteiger partial charge is 0.161 e. The highest BCUT2D eigenvalue weighted by Crippen LogP contribution is 2.28. The van der Waals surface area contributed by atoms with Crippen molar-refractivity contribution in [3.8, 4) is 23.3 Å². The van der Waals surface area contributed by atoms with E-state index in [1.807, 2.05) is 30.3 Å². The van der Waals surface area contributed by atoms with E-state index >= 15 is 0 Å². The van der Waals surface area contributed by atoms with E-state index in [1.54, 1.807) is 20.3 Å². The van der Waals surface area contributed by atoms with Crippen molar-refractivity contribution in [2.75, 3.05) is 20.8 Å². The lowest BCUT2D eigenvalue weighted by Crippen LogP contribution is -2.13. The molecule has 0 unspecified atom stereocenters. The monoisotopic (exact) mass is 374 g/mol. The fraction of sp³-hybridized carbons (Fsp3) is 0.350. The molecule has 0 fully saturated rings. The molecular weight excluding hydrogens is 352 g/mol. The van der Waals surface area contributed by atoms with E-state index in [9.17, 15) is 0 Å². The fourth-order valence-corrected chi connectivity index (χ4v) is 2.65. The van der Waals surface area contributed by atoms with Crippen molar-refractivity contribution in [1.82, 2.24) is 5.32 Å².